The first-order valence-electron chi connectivity index (χ1n) is 6.05. The van der Waals surface area contributed by atoms with Gasteiger partial charge in [-0.1, -0.05) is 29.8 Å². The molecule has 16 heavy (non-hydrogen) atoms. The van der Waals surface area contributed by atoms with Gasteiger partial charge in [-0.2, -0.15) is 0 Å². The molecule has 0 bridgehead atoms. The second kappa shape index (κ2) is 5.67. The van der Waals surface area contributed by atoms with E-state index in [1.807, 2.05) is 12.1 Å². The third kappa shape index (κ3) is 3.08. The van der Waals surface area contributed by atoms with E-state index < -0.39 is 0 Å². The summed E-state index contributed by atoms with van der Waals surface area (Å²) in [5.74, 6) is 0.891. The van der Waals surface area contributed by atoms with E-state index in [4.69, 9.17) is 6.57 Å². The second-order valence-electron chi connectivity index (χ2n) is 4.51. The zero-order valence-electron chi connectivity index (χ0n) is 9.58. The first-order chi connectivity index (χ1) is 7.88. The van der Waals surface area contributed by atoms with E-state index in [1.54, 1.807) is 0 Å². The molecule has 0 saturated carbocycles. The first kappa shape index (κ1) is 11.2. The van der Waals surface area contributed by atoms with Crippen LogP contribution in [0, 0.1) is 12.5 Å². The van der Waals surface area contributed by atoms with Gasteiger partial charge in [0.25, 0.3) is 0 Å². The molecule has 2 nitrogen and oxygen atoms in total. The highest BCUT2D eigenvalue weighted by atomic mass is 14.9. The maximum atomic E-state index is 6.89. The van der Waals surface area contributed by atoms with Gasteiger partial charge in [0.15, 0.2) is 5.69 Å². The Balaban J connectivity index is 1.82. The van der Waals surface area contributed by atoms with Gasteiger partial charge < -0.3 is 5.32 Å². The Morgan fingerprint density at radius 2 is 1.88 bits per heavy atom. The van der Waals surface area contributed by atoms with Crippen molar-refractivity contribution in [2.24, 2.45) is 5.92 Å². The van der Waals surface area contributed by atoms with Gasteiger partial charge in [0, 0.05) is 0 Å². The minimum absolute atomic E-state index is 0.741. The van der Waals surface area contributed by atoms with Crippen molar-refractivity contribution in [2.75, 3.05) is 13.1 Å². The van der Waals surface area contributed by atoms with Gasteiger partial charge in [-0.15, -0.1) is 0 Å². The van der Waals surface area contributed by atoms with Crippen LogP contribution in [0.2, 0.25) is 0 Å². The van der Waals surface area contributed by atoms with Crippen molar-refractivity contribution >= 4 is 5.69 Å². The van der Waals surface area contributed by atoms with Crippen LogP contribution in [0.5, 0.6) is 0 Å². The molecule has 84 valence electrons. The highest BCUT2D eigenvalue weighted by Gasteiger charge is 2.12. The average Bonchev–Trinajstić information content (AvgIpc) is 2.38. The number of piperidine rings is 1. The summed E-state index contributed by atoms with van der Waals surface area (Å²) in [4.78, 5) is 3.40. The monoisotopic (exact) mass is 214 g/mol. The molecule has 0 spiro atoms. The summed E-state index contributed by atoms with van der Waals surface area (Å²) in [6.07, 6.45) is 5.09. The maximum absolute atomic E-state index is 6.89. The van der Waals surface area contributed by atoms with Gasteiger partial charge in [0.2, 0.25) is 0 Å². The van der Waals surface area contributed by atoms with Crippen LogP contribution < -0.4 is 5.32 Å². The molecule has 1 heterocycles. The highest BCUT2D eigenvalue weighted by Crippen LogP contribution is 2.20. The van der Waals surface area contributed by atoms with E-state index in [0.717, 1.165) is 18.0 Å². The van der Waals surface area contributed by atoms with E-state index in [2.05, 4.69) is 22.3 Å². The minimum Gasteiger partial charge on any atom is -0.317 e. The molecule has 2 rings (SSSR count). The van der Waals surface area contributed by atoms with Crippen molar-refractivity contribution in [1.29, 1.82) is 0 Å². The van der Waals surface area contributed by atoms with E-state index in [0.29, 0.717) is 0 Å². The summed E-state index contributed by atoms with van der Waals surface area (Å²) in [7, 11) is 0. The molecule has 1 aromatic rings. The molecule has 0 radical (unpaired) electrons. The maximum Gasteiger partial charge on any atom is 0.187 e. The molecule has 1 saturated heterocycles. The van der Waals surface area contributed by atoms with Crippen LogP contribution in [0.25, 0.3) is 4.85 Å². The molecule has 1 N–H and O–H groups in total. The first-order valence-corrected chi connectivity index (χ1v) is 6.05. The predicted octanol–water partition coefficient (Wildman–Crippen LogP) is 3.17. The van der Waals surface area contributed by atoms with Crippen molar-refractivity contribution in [3.63, 3.8) is 0 Å². The Morgan fingerprint density at radius 3 is 2.50 bits per heavy atom. The zero-order chi connectivity index (χ0) is 11.2. The van der Waals surface area contributed by atoms with Gasteiger partial charge in [-0.05, 0) is 44.7 Å². The van der Waals surface area contributed by atoms with Gasteiger partial charge in [0.1, 0.15) is 0 Å². The van der Waals surface area contributed by atoms with E-state index >= 15 is 0 Å². The zero-order valence-corrected chi connectivity index (χ0v) is 9.58. The van der Waals surface area contributed by atoms with Crippen molar-refractivity contribution < 1.29 is 0 Å². The summed E-state index contributed by atoms with van der Waals surface area (Å²) < 4.78 is 0. The van der Waals surface area contributed by atoms with Crippen LogP contribution in [-0.4, -0.2) is 13.1 Å². The lowest BCUT2D eigenvalue weighted by atomic mass is 9.91. The molecule has 1 aliphatic rings. The molecule has 0 aliphatic carbocycles. The fraction of sp³-hybridized carbons (Fsp3) is 0.500. The molecule has 0 amide bonds. The van der Waals surface area contributed by atoms with Crippen LogP contribution in [0.4, 0.5) is 5.69 Å². The number of rotatable bonds is 3. The van der Waals surface area contributed by atoms with Gasteiger partial charge in [-0.3, -0.25) is 0 Å². The predicted molar refractivity (Wildman–Crippen MR) is 66.6 cm³/mol. The number of aryl methyl sites for hydroxylation is 1. The normalized spacial score (nSPS) is 16.9. The lowest BCUT2D eigenvalue weighted by molar-refractivity contribution is 0.354. The number of benzene rings is 1. The van der Waals surface area contributed by atoms with Crippen molar-refractivity contribution in [3.8, 4) is 0 Å². The minimum atomic E-state index is 0.741. The number of hydrogen-bond acceptors (Lipinski definition) is 1. The van der Waals surface area contributed by atoms with Crippen LogP contribution in [-0.2, 0) is 6.42 Å². The lowest BCUT2D eigenvalue weighted by Crippen LogP contribution is -2.27. The van der Waals surface area contributed by atoms with E-state index in [-0.39, 0.29) is 0 Å². The van der Waals surface area contributed by atoms with Crippen molar-refractivity contribution in [3.05, 3.63) is 41.2 Å². The summed E-state index contributed by atoms with van der Waals surface area (Å²) in [5.41, 5.74) is 2.11. The summed E-state index contributed by atoms with van der Waals surface area (Å²) in [6, 6.07) is 8.03. The topological polar surface area (TPSA) is 16.4 Å². The Labute approximate surface area is 97.5 Å². The fourth-order valence-electron chi connectivity index (χ4n) is 2.28. The number of nitrogens with one attached hydrogen (secondary N) is 1. The molecule has 0 unspecified atom stereocenters. The van der Waals surface area contributed by atoms with Crippen molar-refractivity contribution in [1.82, 2.24) is 5.32 Å². The molecule has 0 aromatic heterocycles. The Bertz CT molecular complexity index is 355. The third-order valence-corrected chi connectivity index (χ3v) is 3.37. The Morgan fingerprint density at radius 1 is 1.19 bits per heavy atom. The molecule has 1 aliphatic heterocycles. The van der Waals surface area contributed by atoms with E-state index in [9.17, 15) is 0 Å². The molecular weight excluding hydrogens is 196 g/mol. The van der Waals surface area contributed by atoms with Gasteiger partial charge in [0.05, 0.1) is 6.57 Å². The van der Waals surface area contributed by atoms with E-state index in [1.165, 1.54) is 37.9 Å². The smallest absolute Gasteiger partial charge is 0.187 e. The largest absolute Gasteiger partial charge is 0.317 e. The molecule has 1 fully saturated rings. The van der Waals surface area contributed by atoms with Crippen LogP contribution in [0.15, 0.2) is 24.3 Å². The van der Waals surface area contributed by atoms with Crippen molar-refractivity contribution in [2.45, 2.75) is 25.7 Å². The lowest BCUT2D eigenvalue weighted by Gasteiger charge is -2.22. The Hall–Kier alpha value is -1.33. The number of nitrogens with zero attached hydrogens (tertiary/aromatic N) is 1. The third-order valence-electron chi connectivity index (χ3n) is 3.37. The molecule has 1 aromatic carbocycles. The van der Waals surface area contributed by atoms with Gasteiger partial charge in [-0.25, -0.2) is 4.85 Å². The van der Waals surface area contributed by atoms with Crippen LogP contribution in [0.1, 0.15) is 24.8 Å². The summed E-state index contributed by atoms with van der Waals surface area (Å²) >= 11 is 0. The number of hydrogen-bond donors (Lipinski definition) is 1. The average molecular weight is 214 g/mol. The molecule has 0 atom stereocenters. The van der Waals surface area contributed by atoms with Crippen LogP contribution >= 0.6 is 0 Å². The summed E-state index contributed by atoms with van der Waals surface area (Å²) in [6.45, 7) is 9.26. The second-order valence-corrected chi connectivity index (χ2v) is 4.51. The standard InChI is InChI=1S/C14H18N2/c1-15-14-6-4-12(5-7-14)2-3-13-8-10-16-11-9-13/h4-7,13,16H,2-3,8-11H2. The quantitative estimate of drug-likeness (QED) is 0.764. The van der Waals surface area contributed by atoms with Gasteiger partial charge >= 0.3 is 0 Å². The molecular formula is C14H18N2. The fourth-order valence-corrected chi connectivity index (χ4v) is 2.28. The summed E-state index contributed by atoms with van der Waals surface area (Å²) in [5, 5.41) is 3.39. The SMILES string of the molecule is [C-]#[N+]c1ccc(CCC2CCNCC2)cc1. The van der Waals surface area contributed by atoms with Crippen LogP contribution in [0.3, 0.4) is 0 Å². The molecule has 2 heteroatoms. The Kier molecular flexibility index (Phi) is 3.96. The highest BCUT2D eigenvalue weighted by molar-refractivity contribution is 5.45.